The zero-order chi connectivity index (χ0) is 17.9. The number of aromatic nitrogens is 4. The molecule has 0 spiro atoms. The number of aryl methyl sites for hydroxylation is 2. The van der Waals surface area contributed by atoms with Crippen LogP contribution in [0.5, 0.6) is 0 Å². The highest BCUT2D eigenvalue weighted by Crippen LogP contribution is 2.14. The number of amides is 1. The Balaban J connectivity index is 1.34. The molecule has 2 aromatic heterocycles. The number of carbonyl (C=O) groups is 1. The summed E-state index contributed by atoms with van der Waals surface area (Å²) in [6.07, 6.45) is 6.09. The van der Waals surface area contributed by atoms with E-state index in [-0.39, 0.29) is 12.0 Å². The number of benzene rings is 1. The van der Waals surface area contributed by atoms with Crippen LogP contribution in [0, 0.1) is 6.92 Å². The van der Waals surface area contributed by atoms with Gasteiger partial charge in [0.1, 0.15) is 0 Å². The molecule has 1 fully saturated rings. The van der Waals surface area contributed by atoms with Gasteiger partial charge in [0, 0.05) is 32.3 Å². The van der Waals surface area contributed by atoms with Gasteiger partial charge >= 0.3 is 0 Å². The fourth-order valence-electron chi connectivity index (χ4n) is 3.39. The summed E-state index contributed by atoms with van der Waals surface area (Å²) in [6.45, 7) is 5.16. The molecule has 1 aliphatic rings. The van der Waals surface area contributed by atoms with Crippen LogP contribution in [0.3, 0.4) is 0 Å². The third-order valence-corrected chi connectivity index (χ3v) is 4.74. The van der Waals surface area contributed by atoms with Crippen LogP contribution in [0.25, 0.3) is 11.0 Å². The highest BCUT2D eigenvalue weighted by molar-refractivity contribution is 5.77. The third-order valence-electron chi connectivity index (χ3n) is 4.74. The molecule has 1 aromatic carbocycles. The lowest BCUT2D eigenvalue weighted by molar-refractivity contribution is -0.139. The fourth-order valence-corrected chi connectivity index (χ4v) is 3.39. The summed E-state index contributed by atoms with van der Waals surface area (Å²) in [6, 6.07) is 7.98. The van der Waals surface area contributed by atoms with Crippen LogP contribution in [0.1, 0.15) is 12.0 Å². The topological polar surface area (TPSA) is 65.2 Å². The maximum Gasteiger partial charge on any atom is 0.224 e. The Morgan fingerprint density at radius 1 is 1.35 bits per heavy atom. The van der Waals surface area contributed by atoms with Crippen LogP contribution in [-0.4, -0.2) is 55.9 Å². The molecule has 26 heavy (non-hydrogen) atoms. The first-order chi connectivity index (χ1) is 12.7. The summed E-state index contributed by atoms with van der Waals surface area (Å²) in [5.41, 5.74) is 3.15. The average molecular weight is 353 g/mol. The number of carbonyl (C=O) groups excluding carboxylic acids is 1. The van der Waals surface area contributed by atoms with E-state index in [0.29, 0.717) is 39.2 Å². The van der Waals surface area contributed by atoms with E-state index in [1.54, 1.807) is 6.33 Å². The summed E-state index contributed by atoms with van der Waals surface area (Å²) in [4.78, 5) is 18.9. The van der Waals surface area contributed by atoms with E-state index in [4.69, 9.17) is 4.74 Å². The molecule has 0 radical (unpaired) electrons. The van der Waals surface area contributed by atoms with Crippen molar-refractivity contribution in [1.29, 1.82) is 0 Å². The van der Waals surface area contributed by atoms with Crippen molar-refractivity contribution in [2.45, 2.75) is 32.5 Å². The Morgan fingerprint density at radius 3 is 3.08 bits per heavy atom. The van der Waals surface area contributed by atoms with Crippen molar-refractivity contribution in [3.05, 3.63) is 48.5 Å². The summed E-state index contributed by atoms with van der Waals surface area (Å²) in [5.74, 6) is 0.160. The molecule has 0 bridgehead atoms. The molecular formula is C19H23N5O2. The van der Waals surface area contributed by atoms with Gasteiger partial charge < -0.3 is 14.2 Å². The van der Waals surface area contributed by atoms with Crippen LogP contribution in [0.2, 0.25) is 0 Å². The van der Waals surface area contributed by atoms with Gasteiger partial charge in [-0.15, -0.1) is 0 Å². The van der Waals surface area contributed by atoms with Crippen molar-refractivity contribution in [2.24, 2.45) is 0 Å². The van der Waals surface area contributed by atoms with Crippen molar-refractivity contribution in [1.82, 2.24) is 24.2 Å². The number of imidazole rings is 1. The molecule has 3 heterocycles. The minimum Gasteiger partial charge on any atom is -0.373 e. The second-order valence-electron chi connectivity index (χ2n) is 6.75. The number of hydrogen-bond acceptors (Lipinski definition) is 4. The van der Waals surface area contributed by atoms with Crippen LogP contribution < -0.4 is 0 Å². The Bertz CT molecular complexity index is 900. The molecule has 1 aliphatic heterocycles. The first-order valence-corrected chi connectivity index (χ1v) is 8.97. The summed E-state index contributed by atoms with van der Waals surface area (Å²) in [5, 5.41) is 4.30. The molecule has 1 atom stereocenters. The first-order valence-electron chi connectivity index (χ1n) is 8.97. The van der Waals surface area contributed by atoms with Gasteiger partial charge in [0.25, 0.3) is 0 Å². The normalized spacial score (nSPS) is 17.7. The predicted octanol–water partition coefficient (Wildman–Crippen LogP) is 1.86. The molecule has 4 rings (SSSR count). The number of ether oxygens (including phenoxy) is 1. The van der Waals surface area contributed by atoms with E-state index in [1.807, 2.05) is 57.7 Å². The van der Waals surface area contributed by atoms with Crippen molar-refractivity contribution < 1.29 is 9.53 Å². The Hall–Kier alpha value is -2.67. The number of rotatable bonds is 5. The van der Waals surface area contributed by atoms with Gasteiger partial charge in [0.15, 0.2) is 0 Å². The average Bonchev–Trinajstić information content (AvgIpc) is 3.26. The monoisotopic (exact) mass is 353 g/mol. The van der Waals surface area contributed by atoms with Gasteiger partial charge in [-0.25, -0.2) is 4.98 Å². The van der Waals surface area contributed by atoms with E-state index in [1.165, 1.54) is 0 Å². The molecule has 136 valence electrons. The van der Waals surface area contributed by atoms with Crippen LogP contribution in [-0.2, 0) is 22.6 Å². The molecular weight excluding hydrogens is 330 g/mol. The maximum absolute atomic E-state index is 12.6. The smallest absolute Gasteiger partial charge is 0.224 e. The van der Waals surface area contributed by atoms with Crippen LogP contribution >= 0.6 is 0 Å². The molecule has 1 unspecified atom stereocenters. The largest absolute Gasteiger partial charge is 0.373 e. The number of morpholine rings is 1. The zero-order valence-electron chi connectivity index (χ0n) is 14.9. The standard InChI is InChI=1S/C19H23N5O2/c1-15-10-21-24(11-15)13-16-12-22(8-9-26-16)19(25)6-7-23-14-20-17-4-2-3-5-18(17)23/h2-5,10-11,14,16H,6-9,12-13H2,1H3. The van der Waals surface area contributed by atoms with Crippen molar-refractivity contribution >= 4 is 16.9 Å². The molecule has 1 saturated heterocycles. The lowest BCUT2D eigenvalue weighted by Crippen LogP contribution is -2.47. The SMILES string of the molecule is Cc1cnn(CC2CN(C(=O)CCn3cnc4ccccc43)CCO2)c1. The van der Waals surface area contributed by atoms with Gasteiger partial charge in [-0.1, -0.05) is 12.1 Å². The Labute approximate surface area is 152 Å². The fraction of sp³-hybridized carbons (Fsp3) is 0.421. The molecule has 0 saturated carbocycles. The van der Waals surface area contributed by atoms with E-state index >= 15 is 0 Å². The minimum absolute atomic E-state index is 0.0129. The highest BCUT2D eigenvalue weighted by Gasteiger charge is 2.24. The van der Waals surface area contributed by atoms with E-state index < -0.39 is 0 Å². The van der Waals surface area contributed by atoms with E-state index in [2.05, 4.69) is 10.1 Å². The molecule has 7 nitrogen and oxygen atoms in total. The quantitative estimate of drug-likeness (QED) is 0.702. The number of nitrogens with zero attached hydrogens (tertiary/aromatic N) is 5. The number of hydrogen-bond donors (Lipinski definition) is 0. The van der Waals surface area contributed by atoms with Gasteiger partial charge in [-0.05, 0) is 24.6 Å². The summed E-state index contributed by atoms with van der Waals surface area (Å²) in [7, 11) is 0. The molecule has 0 aliphatic carbocycles. The molecule has 1 amide bonds. The molecule has 3 aromatic rings. The Morgan fingerprint density at radius 2 is 2.23 bits per heavy atom. The zero-order valence-corrected chi connectivity index (χ0v) is 14.9. The second-order valence-corrected chi connectivity index (χ2v) is 6.75. The van der Waals surface area contributed by atoms with Crippen molar-refractivity contribution in [2.75, 3.05) is 19.7 Å². The van der Waals surface area contributed by atoms with Crippen molar-refractivity contribution in [3.8, 4) is 0 Å². The van der Waals surface area contributed by atoms with Crippen LogP contribution in [0.15, 0.2) is 43.0 Å². The van der Waals surface area contributed by atoms with Crippen molar-refractivity contribution in [3.63, 3.8) is 0 Å². The van der Waals surface area contributed by atoms with E-state index in [0.717, 1.165) is 16.6 Å². The Kier molecular flexibility index (Phi) is 4.71. The number of para-hydroxylation sites is 2. The maximum atomic E-state index is 12.6. The summed E-state index contributed by atoms with van der Waals surface area (Å²) < 4.78 is 9.73. The van der Waals surface area contributed by atoms with Gasteiger partial charge in [0.2, 0.25) is 5.91 Å². The van der Waals surface area contributed by atoms with Crippen LogP contribution in [0.4, 0.5) is 0 Å². The van der Waals surface area contributed by atoms with Gasteiger partial charge in [0.05, 0.1) is 42.8 Å². The molecule has 7 heteroatoms. The van der Waals surface area contributed by atoms with E-state index in [9.17, 15) is 4.79 Å². The molecule has 0 N–H and O–H groups in total. The first kappa shape index (κ1) is 16.8. The minimum atomic E-state index is -0.0129. The lowest BCUT2D eigenvalue weighted by atomic mass is 10.2. The van der Waals surface area contributed by atoms with Gasteiger partial charge in [-0.2, -0.15) is 5.10 Å². The second kappa shape index (κ2) is 7.29. The summed E-state index contributed by atoms with van der Waals surface area (Å²) >= 11 is 0. The van der Waals surface area contributed by atoms with Gasteiger partial charge in [-0.3, -0.25) is 9.48 Å². The number of fused-ring (bicyclic) bond motifs is 1. The highest BCUT2D eigenvalue weighted by atomic mass is 16.5. The third kappa shape index (κ3) is 3.62. The lowest BCUT2D eigenvalue weighted by Gasteiger charge is -2.33. The predicted molar refractivity (Wildman–Crippen MR) is 97.6 cm³/mol.